The van der Waals surface area contributed by atoms with Crippen molar-refractivity contribution < 1.29 is 5.11 Å². The zero-order chi connectivity index (χ0) is 20.4. The fourth-order valence-electron chi connectivity index (χ4n) is 3.63. The van der Waals surface area contributed by atoms with Gasteiger partial charge in [0.2, 0.25) is 11.9 Å². The van der Waals surface area contributed by atoms with Gasteiger partial charge in [-0.05, 0) is 17.5 Å². The van der Waals surface area contributed by atoms with Gasteiger partial charge >= 0.3 is 0 Å². The van der Waals surface area contributed by atoms with Crippen molar-refractivity contribution in [1.82, 2.24) is 19.9 Å². The normalized spacial score (nSPS) is 17.8. The Bertz CT molecular complexity index is 1020. The number of hydrogen-bond acceptors (Lipinski definition) is 9. The Labute approximate surface area is 169 Å². The maximum Gasteiger partial charge on any atom is 0.226 e. The minimum atomic E-state index is -0.537. The Morgan fingerprint density at radius 1 is 0.966 bits per heavy atom. The van der Waals surface area contributed by atoms with Gasteiger partial charge < -0.3 is 26.4 Å². The van der Waals surface area contributed by atoms with Crippen LogP contribution in [0.2, 0.25) is 0 Å². The summed E-state index contributed by atoms with van der Waals surface area (Å²) in [5.74, 6) is 2.15. The summed E-state index contributed by atoms with van der Waals surface area (Å²) in [7, 11) is 3.60. The van der Waals surface area contributed by atoms with Gasteiger partial charge in [0.15, 0.2) is 11.6 Å². The van der Waals surface area contributed by atoms with Gasteiger partial charge in [-0.1, -0.05) is 31.2 Å². The minimum Gasteiger partial charge on any atom is -0.390 e. The second-order valence-electron chi connectivity index (χ2n) is 7.01. The zero-order valence-corrected chi connectivity index (χ0v) is 16.8. The molecule has 29 heavy (non-hydrogen) atoms. The molecule has 1 aliphatic rings. The summed E-state index contributed by atoms with van der Waals surface area (Å²) in [4.78, 5) is 18.4. The summed E-state index contributed by atoms with van der Waals surface area (Å²) in [6, 6.07) is 7.76. The lowest BCUT2D eigenvalue weighted by Crippen LogP contribution is -2.22. The fraction of sp³-hybridized carbons (Fsp3) is 0.400. The molecule has 3 aromatic rings. The molecule has 2 aromatic heterocycles. The second kappa shape index (κ2) is 8.04. The van der Waals surface area contributed by atoms with E-state index in [0.29, 0.717) is 41.0 Å². The highest BCUT2D eigenvalue weighted by Crippen LogP contribution is 2.34. The Hall–Kier alpha value is -3.20. The first-order chi connectivity index (χ1) is 14.1. The quantitative estimate of drug-likeness (QED) is 0.411. The molecule has 2 heterocycles. The van der Waals surface area contributed by atoms with Crippen LogP contribution < -0.4 is 21.3 Å². The number of nitrogens with zero attached hydrogens (tertiary/aromatic N) is 4. The average molecular weight is 394 g/mol. The van der Waals surface area contributed by atoms with E-state index in [4.69, 9.17) is 0 Å². The molecule has 1 aliphatic carbocycles. The van der Waals surface area contributed by atoms with Crippen molar-refractivity contribution in [3.63, 3.8) is 0 Å². The summed E-state index contributed by atoms with van der Waals surface area (Å²) in [6.07, 6.45) is 1.04. The molecule has 9 nitrogen and oxygen atoms in total. The first kappa shape index (κ1) is 19.1. The molecule has 0 aliphatic heterocycles. The molecule has 0 fully saturated rings. The number of hydrogen-bond donors (Lipinski definition) is 5. The molecular formula is C20H26N8O. The highest BCUT2D eigenvalue weighted by atomic mass is 16.3. The molecule has 0 amide bonds. The zero-order valence-electron chi connectivity index (χ0n) is 16.8. The first-order valence-electron chi connectivity index (χ1n) is 9.86. The number of benzene rings is 1. The van der Waals surface area contributed by atoms with Crippen molar-refractivity contribution in [3.05, 3.63) is 35.4 Å². The molecule has 4 rings (SSSR count). The molecule has 0 saturated heterocycles. The molecule has 152 valence electrons. The van der Waals surface area contributed by atoms with Crippen LogP contribution in [0.5, 0.6) is 0 Å². The molecule has 0 radical (unpaired) electrons. The molecule has 0 bridgehead atoms. The third-order valence-electron chi connectivity index (χ3n) is 5.04. The monoisotopic (exact) mass is 394 g/mol. The molecule has 0 unspecified atom stereocenters. The van der Waals surface area contributed by atoms with Gasteiger partial charge in [0, 0.05) is 27.1 Å². The van der Waals surface area contributed by atoms with Crippen LogP contribution in [0.3, 0.4) is 0 Å². The van der Waals surface area contributed by atoms with Crippen LogP contribution in [0.25, 0.3) is 11.0 Å². The standard InChI is InChI=1S/C20H26N8O/c1-4-9-23-19-25-15-16(17(21-2)27-19)26-20(28-18(15)22-3)24-14-12-8-6-5-7-11(12)10-13(14)29/h5-8,13-14,29H,4,9-10H2,1-3H3,(H2,21,23,25,27)(H2,22,24,26,28)/t13-,14-/m1/s1. The van der Waals surface area contributed by atoms with E-state index in [1.807, 2.05) is 24.3 Å². The maximum atomic E-state index is 10.6. The smallest absolute Gasteiger partial charge is 0.226 e. The fourth-order valence-corrected chi connectivity index (χ4v) is 3.63. The van der Waals surface area contributed by atoms with E-state index in [2.05, 4.69) is 48.1 Å². The largest absolute Gasteiger partial charge is 0.390 e. The lowest BCUT2D eigenvalue weighted by Gasteiger charge is -2.19. The van der Waals surface area contributed by atoms with E-state index in [9.17, 15) is 5.11 Å². The van der Waals surface area contributed by atoms with Gasteiger partial charge in [0.05, 0.1) is 12.1 Å². The van der Waals surface area contributed by atoms with Gasteiger partial charge in [-0.2, -0.15) is 9.97 Å². The predicted molar refractivity (Wildman–Crippen MR) is 116 cm³/mol. The van der Waals surface area contributed by atoms with Crippen molar-refractivity contribution in [2.24, 2.45) is 0 Å². The van der Waals surface area contributed by atoms with Gasteiger partial charge in [-0.3, -0.25) is 0 Å². The number of aliphatic hydroxyl groups excluding tert-OH is 1. The number of aromatic nitrogens is 4. The van der Waals surface area contributed by atoms with Crippen molar-refractivity contribution in [1.29, 1.82) is 0 Å². The van der Waals surface area contributed by atoms with E-state index in [-0.39, 0.29) is 6.04 Å². The highest BCUT2D eigenvalue weighted by molar-refractivity contribution is 5.94. The summed E-state index contributed by atoms with van der Waals surface area (Å²) < 4.78 is 0. The van der Waals surface area contributed by atoms with Crippen LogP contribution >= 0.6 is 0 Å². The third-order valence-corrected chi connectivity index (χ3v) is 5.04. The van der Waals surface area contributed by atoms with E-state index in [0.717, 1.165) is 24.1 Å². The van der Waals surface area contributed by atoms with Crippen LogP contribution in [-0.2, 0) is 6.42 Å². The molecule has 0 spiro atoms. The van der Waals surface area contributed by atoms with Crippen molar-refractivity contribution in [2.75, 3.05) is 41.9 Å². The topological polar surface area (TPSA) is 120 Å². The van der Waals surface area contributed by atoms with Crippen LogP contribution in [-0.4, -0.2) is 51.8 Å². The maximum absolute atomic E-state index is 10.6. The van der Waals surface area contributed by atoms with Crippen LogP contribution in [0.15, 0.2) is 24.3 Å². The summed E-state index contributed by atoms with van der Waals surface area (Å²) >= 11 is 0. The Balaban J connectivity index is 1.74. The average Bonchev–Trinajstić information content (AvgIpc) is 3.06. The summed E-state index contributed by atoms with van der Waals surface area (Å²) in [6.45, 7) is 2.87. The van der Waals surface area contributed by atoms with Crippen molar-refractivity contribution in [3.8, 4) is 0 Å². The van der Waals surface area contributed by atoms with Gasteiger partial charge in [0.25, 0.3) is 0 Å². The highest BCUT2D eigenvalue weighted by Gasteiger charge is 2.31. The van der Waals surface area contributed by atoms with E-state index < -0.39 is 6.10 Å². The molecular weight excluding hydrogens is 368 g/mol. The number of aliphatic hydroxyl groups is 1. The van der Waals surface area contributed by atoms with Crippen LogP contribution in [0.1, 0.15) is 30.5 Å². The Morgan fingerprint density at radius 2 is 1.62 bits per heavy atom. The van der Waals surface area contributed by atoms with Gasteiger partial charge in [-0.15, -0.1) is 0 Å². The van der Waals surface area contributed by atoms with Gasteiger partial charge in [0.1, 0.15) is 11.0 Å². The molecule has 2 atom stereocenters. The van der Waals surface area contributed by atoms with E-state index in [1.54, 1.807) is 14.1 Å². The van der Waals surface area contributed by atoms with E-state index in [1.165, 1.54) is 0 Å². The molecule has 0 saturated carbocycles. The number of fused-ring (bicyclic) bond motifs is 2. The SMILES string of the molecule is CCCNc1nc(NC)c2nc(N[C@@H]3c4ccccc4C[C@H]3O)nc(NC)c2n1. The predicted octanol–water partition coefficient (Wildman–Crippen LogP) is 2.40. The molecule has 5 N–H and O–H groups in total. The first-order valence-corrected chi connectivity index (χ1v) is 9.86. The lowest BCUT2D eigenvalue weighted by atomic mass is 10.1. The van der Waals surface area contributed by atoms with Crippen LogP contribution in [0.4, 0.5) is 23.5 Å². The summed E-state index contributed by atoms with van der Waals surface area (Å²) in [5, 5.41) is 23.3. The molecule has 1 aromatic carbocycles. The van der Waals surface area contributed by atoms with Gasteiger partial charge in [-0.25, -0.2) is 9.97 Å². The third kappa shape index (κ3) is 3.61. The lowest BCUT2D eigenvalue weighted by molar-refractivity contribution is 0.165. The number of nitrogens with one attached hydrogen (secondary N) is 4. The summed E-state index contributed by atoms with van der Waals surface area (Å²) in [5.41, 5.74) is 3.44. The Morgan fingerprint density at radius 3 is 2.31 bits per heavy atom. The van der Waals surface area contributed by atoms with Crippen LogP contribution in [0, 0.1) is 0 Å². The van der Waals surface area contributed by atoms with E-state index >= 15 is 0 Å². The minimum absolute atomic E-state index is 0.266. The van der Waals surface area contributed by atoms with Crippen molar-refractivity contribution >= 4 is 34.6 Å². The second-order valence-corrected chi connectivity index (χ2v) is 7.01. The number of rotatable bonds is 7. The Kier molecular flexibility index (Phi) is 5.30. The number of anilines is 4. The molecule has 9 heteroatoms. The van der Waals surface area contributed by atoms with Crippen molar-refractivity contribution in [2.45, 2.75) is 31.9 Å².